The van der Waals surface area contributed by atoms with Crippen molar-refractivity contribution in [1.82, 2.24) is 15.0 Å². The number of nitrogens with zero attached hydrogens (tertiary/aromatic N) is 2. The van der Waals surface area contributed by atoms with Gasteiger partial charge in [0.1, 0.15) is 22.6 Å². The molecule has 0 spiro atoms. The summed E-state index contributed by atoms with van der Waals surface area (Å²) in [5.74, 6) is 0.348. The van der Waals surface area contributed by atoms with E-state index in [1.165, 1.54) is 23.5 Å². The highest BCUT2D eigenvalue weighted by Crippen LogP contribution is 2.37. The van der Waals surface area contributed by atoms with E-state index in [2.05, 4.69) is 15.0 Å². The standard InChI is InChI=1S/C14H12FN3OS/c1-8(19)14-18-11(13-16-6-7-17-13)12(20-14)9-2-4-10(15)5-3-9/h2-8,19H,1H3,(H,16,17)/t8-/m0/s1. The number of hydrogen-bond acceptors (Lipinski definition) is 4. The van der Waals surface area contributed by atoms with Gasteiger partial charge in [0, 0.05) is 12.4 Å². The van der Waals surface area contributed by atoms with E-state index in [4.69, 9.17) is 0 Å². The number of hydrogen-bond donors (Lipinski definition) is 2. The number of halogens is 1. The second kappa shape index (κ2) is 5.15. The lowest BCUT2D eigenvalue weighted by Gasteiger charge is -2.00. The van der Waals surface area contributed by atoms with Crippen molar-refractivity contribution in [3.8, 4) is 22.0 Å². The molecule has 6 heteroatoms. The highest BCUT2D eigenvalue weighted by molar-refractivity contribution is 7.15. The molecule has 1 atom stereocenters. The van der Waals surface area contributed by atoms with Crippen molar-refractivity contribution in [3.63, 3.8) is 0 Å². The van der Waals surface area contributed by atoms with Crippen LogP contribution in [0, 0.1) is 5.82 Å². The fraction of sp³-hybridized carbons (Fsp3) is 0.143. The molecule has 0 saturated heterocycles. The Morgan fingerprint density at radius 3 is 2.65 bits per heavy atom. The number of imidazole rings is 1. The Bertz CT molecular complexity index is 705. The van der Waals surface area contributed by atoms with Gasteiger partial charge in [-0.2, -0.15) is 0 Å². The lowest BCUT2D eigenvalue weighted by Crippen LogP contribution is -1.90. The fourth-order valence-corrected chi connectivity index (χ4v) is 2.88. The first-order valence-electron chi connectivity index (χ1n) is 6.09. The molecule has 0 aliphatic carbocycles. The van der Waals surface area contributed by atoms with Crippen LogP contribution in [0.1, 0.15) is 18.0 Å². The molecule has 20 heavy (non-hydrogen) atoms. The predicted octanol–water partition coefficient (Wildman–Crippen LogP) is 3.39. The van der Waals surface area contributed by atoms with Gasteiger partial charge in [-0.1, -0.05) is 12.1 Å². The van der Waals surface area contributed by atoms with E-state index < -0.39 is 6.10 Å². The molecule has 2 N–H and O–H groups in total. The minimum absolute atomic E-state index is 0.284. The number of thiazole rings is 1. The monoisotopic (exact) mass is 289 g/mol. The molecule has 0 aliphatic heterocycles. The number of nitrogens with one attached hydrogen (secondary N) is 1. The van der Waals surface area contributed by atoms with E-state index in [0.29, 0.717) is 16.5 Å². The first-order valence-corrected chi connectivity index (χ1v) is 6.91. The average Bonchev–Trinajstić information content (AvgIpc) is 3.08. The van der Waals surface area contributed by atoms with Gasteiger partial charge in [-0.25, -0.2) is 14.4 Å². The molecule has 4 nitrogen and oxygen atoms in total. The third-order valence-electron chi connectivity index (χ3n) is 2.83. The van der Waals surface area contributed by atoms with Gasteiger partial charge in [-0.3, -0.25) is 0 Å². The highest BCUT2D eigenvalue weighted by Gasteiger charge is 2.18. The van der Waals surface area contributed by atoms with Crippen LogP contribution >= 0.6 is 11.3 Å². The van der Waals surface area contributed by atoms with Gasteiger partial charge in [0.25, 0.3) is 0 Å². The van der Waals surface area contributed by atoms with E-state index in [0.717, 1.165) is 10.4 Å². The van der Waals surface area contributed by atoms with Crippen molar-refractivity contribution in [3.05, 3.63) is 47.5 Å². The van der Waals surface area contributed by atoms with E-state index >= 15 is 0 Å². The molecule has 0 radical (unpaired) electrons. The van der Waals surface area contributed by atoms with Crippen molar-refractivity contribution < 1.29 is 9.50 Å². The molecule has 1 aromatic carbocycles. The molecule has 0 saturated carbocycles. The normalized spacial score (nSPS) is 12.6. The van der Waals surface area contributed by atoms with Crippen molar-refractivity contribution in [2.24, 2.45) is 0 Å². The van der Waals surface area contributed by atoms with Gasteiger partial charge < -0.3 is 10.1 Å². The predicted molar refractivity (Wildman–Crippen MR) is 75.7 cm³/mol. The first kappa shape index (κ1) is 13.0. The second-order valence-electron chi connectivity index (χ2n) is 4.35. The molecule has 0 amide bonds. The van der Waals surface area contributed by atoms with Gasteiger partial charge >= 0.3 is 0 Å². The van der Waals surface area contributed by atoms with Gasteiger partial charge in [0.2, 0.25) is 0 Å². The minimum Gasteiger partial charge on any atom is -0.386 e. The number of H-pyrrole nitrogens is 1. The smallest absolute Gasteiger partial charge is 0.157 e. The van der Waals surface area contributed by atoms with E-state index in [-0.39, 0.29) is 5.82 Å². The van der Waals surface area contributed by atoms with Crippen molar-refractivity contribution in [2.45, 2.75) is 13.0 Å². The number of rotatable bonds is 3. The summed E-state index contributed by atoms with van der Waals surface area (Å²) < 4.78 is 13.0. The summed E-state index contributed by atoms with van der Waals surface area (Å²) in [5.41, 5.74) is 1.52. The molecular formula is C14H12FN3OS. The molecule has 0 fully saturated rings. The summed E-state index contributed by atoms with van der Waals surface area (Å²) in [6.07, 6.45) is 2.71. The summed E-state index contributed by atoms with van der Waals surface area (Å²) in [4.78, 5) is 12.5. The average molecular weight is 289 g/mol. The Kier molecular flexibility index (Phi) is 3.33. The van der Waals surface area contributed by atoms with E-state index in [9.17, 15) is 9.50 Å². The SMILES string of the molecule is C[C@H](O)c1nc(-c2ncc[nH]2)c(-c2ccc(F)cc2)s1. The first-order chi connectivity index (χ1) is 9.65. The third kappa shape index (κ3) is 2.35. The van der Waals surface area contributed by atoms with Crippen molar-refractivity contribution in [2.75, 3.05) is 0 Å². The Morgan fingerprint density at radius 1 is 1.30 bits per heavy atom. The van der Waals surface area contributed by atoms with Crippen LogP contribution in [0.3, 0.4) is 0 Å². The van der Waals surface area contributed by atoms with Crippen molar-refractivity contribution in [1.29, 1.82) is 0 Å². The maximum absolute atomic E-state index is 13.0. The minimum atomic E-state index is -0.650. The summed E-state index contributed by atoms with van der Waals surface area (Å²) in [6, 6.07) is 6.20. The van der Waals surface area contributed by atoms with Crippen LogP contribution in [0.15, 0.2) is 36.7 Å². The Balaban J connectivity index is 2.15. The Hall–Kier alpha value is -2.05. The zero-order chi connectivity index (χ0) is 14.1. The van der Waals surface area contributed by atoms with Crippen LogP contribution in [0.5, 0.6) is 0 Å². The lowest BCUT2D eigenvalue weighted by atomic mass is 10.1. The quantitative estimate of drug-likeness (QED) is 0.777. The van der Waals surface area contributed by atoms with E-state index in [1.54, 1.807) is 31.5 Å². The highest BCUT2D eigenvalue weighted by atomic mass is 32.1. The number of aliphatic hydroxyl groups is 1. The molecular weight excluding hydrogens is 277 g/mol. The van der Waals surface area contributed by atoms with Gasteiger partial charge in [0.15, 0.2) is 5.82 Å². The maximum atomic E-state index is 13.0. The molecule has 0 unspecified atom stereocenters. The molecule has 102 valence electrons. The Labute approximate surface area is 119 Å². The molecule has 3 aromatic rings. The van der Waals surface area contributed by atoms with Crippen LogP contribution < -0.4 is 0 Å². The molecule has 2 heterocycles. The third-order valence-corrected chi connectivity index (χ3v) is 4.10. The Morgan fingerprint density at radius 2 is 2.05 bits per heavy atom. The van der Waals surface area contributed by atoms with Crippen LogP contribution in [-0.2, 0) is 0 Å². The number of aromatic amines is 1. The summed E-state index contributed by atoms with van der Waals surface area (Å²) in [6.45, 7) is 1.67. The summed E-state index contributed by atoms with van der Waals surface area (Å²) in [5, 5.41) is 10.3. The van der Waals surface area contributed by atoms with Gasteiger partial charge in [0.05, 0.1) is 4.88 Å². The molecule has 0 aliphatic rings. The van der Waals surface area contributed by atoms with Crippen LogP contribution in [0.2, 0.25) is 0 Å². The van der Waals surface area contributed by atoms with Gasteiger partial charge in [-0.05, 0) is 24.6 Å². The largest absolute Gasteiger partial charge is 0.386 e. The lowest BCUT2D eigenvalue weighted by molar-refractivity contribution is 0.199. The van der Waals surface area contributed by atoms with Crippen LogP contribution in [0.25, 0.3) is 22.0 Å². The topological polar surface area (TPSA) is 61.8 Å². The fourth-order valence-electron chi connectivity index (χ4n) is 1.87. The number of aliphatic hydroxyl groups excluding tert-OH is 1. The summed E-state index contributed by atoms with van der Waals surface area (Å²) in [7, 11) is 0. The molecule has 0 bridgehead atoms. The maximum Gasteiger partial charge on any atom is 0.157 e. The zero-order valence-electron chi connectivity index (χ0n) is 10.7. The van der Waals surface area contributed by atoms with Crippen molar-refractivity contribution >= 4 is 11.3 Å². The zero-order valence-corrected chi connectivity index (χ0v) is 11.5. The van der Waals surface area contributed by atoms with Gasteiger partial charge in [-0.15, -0.1) is 11.3 Å². The molecule has 2 aromatic heterocycles. The van der Waals surface area contributed by atoms with E-state index in [1.807, 2.05) is 0 Å². The van der Waals surface area contributed by atoms with Crippen LogP contribution in [-0.4, -0.2) is 20.1 Å². The summed E-state index contributed by atoms with van der Waals surface area (Å²) >= 11 is 1.38. The second-order valence-corrected chi connectivity index (χ2v) is 5.38. The number of aromatic nitrogens is 3. The van der Waals surface area contributed by atoms with Crippen LogP contribution in [0.4, 0.5) is 4.39 Å². The number of benzene rings is 1. The molecule has 3 rings (SSSR count).